The van der Waals surface area contributed by atoms with Gasteiger partial charge in [-0.3, -0.25) is 9.78 Å². The minimum Gasteiger partial charge on any atom is -0.384 e. The molecule has 1 aromatic heterocycles. The van der Waals surface area contributed by atoms with Gasteiger partial charge in [0, 0.05) is 38.4 Å². The Morgan fingerprint density at radius 3 is 2.46 bits per heavy atom. The molecule has 1 aromatic carbocycles. The summed E-state index contributed by atoms with van der Waals surface area (Å²) >= 11 is 0. The zero-order valence-electron chi connectivity index (χ0n) is 16.6. The lowest BCUT2D eigenvalue weighted by atomic mass is 10.1. The first-order chi connectivity index (χ1) is 13.4. The van der Waals surface area contributed by atoms with Crippen molar-refractivity contribution in [2.24, 2.45) is 0 Å². The molecule has 0 aliphatic heterocycles. The van der Waals surface area contributed by atoms with E-state index < -0.39 is 10.0 Å². The van der Waals surface area contributed by atoms with Gasteiger partial charge in [-0.1, -0.05) is 19.9 Å². The number of anilines is 2. The number of aromatic nitrogens is 1. The van der Waals surface area contributed by atoms with Crippen molar-refractivity contribution in [3.63, 3.8) is 0 Å². The molecule has 152 valence electrons. The first-order valence-corrected chi connectivity index (χ1v) is 10.9. The van der Waals surface area contributed by atoms with Crippen LogP contribution in [0.25, 0.3) is 0 Å². The van der Waals surface area contributed by atoms with Crippen molar-refractivity contribution < 1.29 is 13.2 Å². The number of carbonyl (C=O) groups is 1. The van der Waals surface area contributed by atoms with Crippen LogP contribution in [0, 0.1) is 0 Å². The number of rotatable bonds is 10. The SMILES string of the molecule is CCNc1ccc(S(=O)(=O)N(CC)CC)cc1NC(=O)CCc1cccnc1. The van der Waals surface area contributed by atoms with Gasteiger partial charge in [0.2, 0.25) is 15.9 Å². The van der Waals surface area contributed by atoms with Gasteiger partial charge in [-0.05, 0) is 43.2 Å². The lowest BCUT2D eigenvalue weighted by molar-refractivity contribution is -0.116. The van der Waals surface area contributed by atoms with E-state index >= 15 is 0 Å². The number of carbonyl (C=O) groups excluding carboxylic acids is 1. The summed E-state index contributed by atoms with van der Waals surface area (Å²) in [4.78, 5) is 16.6. The largest absolute Gasteiger partial charge is 0.384 e. The molecule has 0 bridgehead atoms. The Balaban J connectivity index is 2.22. The fourth-order valence-corrected chi connectivity index (χ4v) is 4.35. The van der Waals surface area contributed by atoms with Crippen LogP contribution >= 0.6 is 0 Å². The van der Waals surface area contributed by atoms with Crippen molar-refractivity contribution in [2.75, 3.05) is 30.3 Å². The number of nitrogens with one attached hydrogen (secondary N) is 2. The molecule has 1 heterocycles. The van der Waals surface area contributed by atoms with Gasteiger partial charge < -0.3 is 10.6 Å². The summed E-state index contributed by atoms with van der Waals surface area (Å²) in [7, 11) is -3.60. The number of sulfonamides is 1. The van der Waals surface area contributed by atoms with Gasteiger partial charge in [0.15, 0.2) is 0 Å². The van der Waals surface area contributed by atoms with Crippen LogP contribution in [0.3, 0.4) is 0 Å². The predicted molar refractivity (Wildman–Crippen MR) is 112 cm³/mol. The molecule has 0 unspecified atom stereocenters. The lowest BCUT2D eigenvalue weighted by Crippen LogP contribution is -2.30. The van der Waals surface area contributed by atoms with E-state index in [0.717, 1.165) is 5.56 Å². The third-order valence-electron chi connectivity index (χ3n) is 4.34. The maximum atomic E-state index is 12.8. The van der Waals surface area contributed by atoms with Gasteiger partial charge in [-0.15, -0.1) is 0 Å². The summed E-state index contributed by atoms with van der Waals surface area (Å²) in [5.74, 6) is -0.180. The van der Waals surface area contributed by atoms with E-state index in [0.29, 0.717) is 37.4 Å². The molecule has 2 aromatic rings. The minimum absolute atomic E-state index is 0.167. The van der Waals surface area contributed by atoms with E-state index in [1.165, 1.54) is 10.4 Å². The first-order valence-electron chi connectivity index (χ1n) is 9.49. The van der Waals surface area contributed by atoms with E-state index in [1.807, 2.05) is 19.1 Å². The second-order valence-corrected chi connectivity index (χ2v) is 8.17. The molecular weight excluding hydrogens is 376 g/mol. The van der Waals surface area contributed by atoms with Crippen LogP contribution in [0.1, 0.15) is 32.8 Å². The predicted octanol–water partition coefficient (Wildman–Crippen LogP) is 3.12. The summed E-state index contributed by atoms with van der Waals surface area (Å²) in [6.45, 7) is 6.97. The summed E-state index contributed by atoms with van der Waals surface area (Å²) in [6.07, 6.45) is 4.26. The molecule has 0 saturated heterocycles. The lowest BCUT2D eigenvalue weighted by Gasteiger charge is -2.20. The Kier molecular flexibility index (Phi) is 7.95. The van der Waals surface area contributed by atoms with E-state index in [9.17, 15) is 13.2 Å². The minimum atomic E-state index is -3.60. The van der Waals surface area contributed by atoms with Gasteiger partial charge in [-0.2, -0.15) is 4.31 Å². The van der Waals surface area contributed by atoms with Crippen molar-refractivity contribution in [3.05, 3.63) is 48.3 Å². The van der Waals surface area contributed by atoms with Crippen molar-refractivity contribution in [1.29, 1.82) is 0 Å². The molecule has 2 N–H and O–H groups in total. The van der Waals surface area contributed by atoms with Gasteiger partial charge in [0.05, 0.1) is 16.3 Å². The molecule has 2 rings (SSSR count). The third kappa shape index (κ3) is 5.53. The highest BCUT2D eigenvalue weighted by Gasteiger charge is 2.23. The average Bonchev–Trinajstić information content (AvgIpc) is 2.69. The molecule has 0 spiro atoms. The maximum Gasteiger partial charge on any atom is 0.243 e. The van der Waals surface area contributed by atoms with E-state index in [4.69, 9.17) is 0 Å². The summed E-state index contributed by atoms with van der Waals surface area (Å²) in [5, 5.41) is 6.01. The van der Waals surface area contributed by atoms with Gasteiger partial charge >= 0.3 is 0 Å². The molecular formula is C20H28N4O3S. The Hall–Kier alpha value is -2.45. The fourth-order valence-electron chi connectivity index (χ4n) is 2.86. The number of pyridine rings is 1. The maximum absolute atomic E-state index is 12.8. The molecule has 1 amide bonds. The van der Waals surface area contributed by atoms with Crippen LogP contribution in [0.15, 0.2) is 47.6 Å². The topological polar surface area (TPSA) is 91.4 Å². The monoisotopic (exact) mass is 404 g/mol. The highest BCUT2D eigenvalue weighted by Crippen LogP contribution is 2.27. The van der Waals surface area contributed by atoms with Crippen molar-refractivity contribution in [2.45, 2.75) is 38.5 Å². The number of hydrogen-bond acceptors (Lipinski definition) is 5. The molecule has 28 heavy (non-hydrogen) atoms. The molecule has 7 nitrogen and oxygen atoms in total. The third-order valence-corrected chi connectivity index (χ3v) is 6.38. The zero-order valence-corrected chi connectivity index (χ0v) is 17.4. The highest BCUT2D eigenvalue weighted by atomic mass is 32.2. The van der Waals surface area contributed by atoms with Gasteiger partial charge in [0.25, 0.3) is 0 Å². The fraction of sp³-hybridized carbons (Fsp3) is 0.400. The number of aryl methyl sites for hydroxylation is 1. The van der Waals surface area contributed by atoms with Crippen LogP contribution in [0.2, 0.25) is 0 Å². The molecule has 0 saturated carbocycles. The van der Waals surface area contributed by atoms with E-state index in [-0.39, 0.29) is 17.2 Å². The van der Waals surface area contributed by atoms with E-state index in [2.05, 4.69) is 15.6 Å². The second-order valence-electron chi connectivity index (χ2n) is 6.24. The summed E-state index contributed by atoms with van der Waals surface area (Å²) in [6, 6.07) is 8.53. The second kappa shape index (κ2) is 10.2. The van der Waals surface area contributed by atoms with Crippen LogP contribution in [0.4, 0.5) is 11.4 Å². The molecule has 8 heteroatoms. The van der Waals surface area contributed by atoms with Gasteiger partial charge in [-0.25, -0.2) is 8.42 Å². The number of benzene rings is 1. The number of hydrogen-bond donors (Lipinski definition) is 2. The molecule has 0 fully saturated rings. The van der Waals surface area contributed by atoms with Crippen LogP contribution < -0.4 is 10.6 Å². The van der Waals surface area contributed by atoms with Crippen molar-refractivity contribution in [3.8, 4) is 0 Å². The highest BCUT2D eigenvalue weighted by molar-refractivity contribution is 7.89. The normalized spacial score (nSPS) is 11.4. The smallest absolute Gasteiger partial charge is 0.243 e. The Labute approximate surface area is 167 Å². The van der Waals surface area contributed by atoms with Crippen molar-refractivity contribution >= 4 is 27.3 Å². The molecule has 0 aliphatic carbocycles. The Morgan fingerprint density at radius 2 is 1.86 bits per heavy atom. The van der Waals surface area contributed by atoms with Crippen LogP contribution in [-0.2, 0) is 21.2 Å². The zero-order chi connectivity index (χ0) is 20.6. The Morgan fingerprint density at radius 1 is 1.11 bits per heavy atom. The number of nitrogens with zero attached hydrogens (tertiary/aromatic N) is 2. The molecule has 0 radical (unpaired) electrons. The molecule has 0 atom stereocenters. The van der Waals surface area contributed by atoms with Gasteiger partial charge in [0.1, 0.15) is 0 Å². The number of amides is 1. The van der Waals surface area contributed by atoms with Crippen LogP contribution in [0.5, 0.6) is 0 Å². The van der Waals surface area contributed by atoms with Crippen LogP contribution in [-0.4, -0.2) is 43.2 Å². The summed E-state index contributed by atoms with van der Waals surface area (Å²) < 4.78 is 27.0. The average molecular weight is 405 g/mol. The summed E-state index contributed by atoms with van der Waals surface area (Å²) in [5.41, 5.74) is 2.13. The van der Waals surface area contributed by atoms with Crippen molar-refractivity contribution in [1.82, 2.24) is 9.29 Å². The van der Waals surface area contributed by atoms with E-state index in [1.54, 1.807) is 38.4 Å². The quantitative estimate of drug-likeness (QED) is 0.635. The Bertz CT molecular complexity index is 882. The molecule has 0 aliphatic rings. The standard InChI is InChI=1S/C20H28N4O3S/c1-4-22-18-11-10-17(28(26,27)24(5-2)6-3)14-19(18)23-20(25)12-9-16-8-7-13-21-15-16/h7-8,10-11,13-15,22H,4-6,9,12H2,1-3H3,(H,23,25). The first kappa shape index (κ1) is 21.8.